The van der Waals surface area contributed by atoms with Gasteiger partial charge in [-0.15, -0.1) is 22.7 Å². The van der Waals surface area contributed by atoms with Crippen molar-refractivity contribution in [1.82, 2.24) is 15.0 Å². The average molecular weight is 419 g/mol. The van der Waals surface area contributed by atoms with E-state index in [0.29, 0.717) is 5.95 Å². The Balaban J connectivity index is 1.45. The number of para-hydroxylation sites is 2. The van der Waals surface area contributed by atoms with Gasteiger partial charge in [-0.1, -0.05) is 12.1 Å². The van der Waals surface area contributed by atoms with Gasteiger partial charge < -0.3 is 4.98 Å². The number of H-pyrrole nitrogens is 1. The lowest BCUT2D eigenvalue weighted by Gasteiger charge is -1.99. The molecular formula is C16H11BrN4OS2. The quantitative estimate of drug-likeness (QED) is 0.504. The number of benzene rings is 1. The molecule has 5 nitrogen and oxygen atoms in total. The van der Waals surface area contributed by atoms with E-state index in [1.165, 1.54) is 0 Å². The van der Waals surface area contributed by atoms with Crippen molar-refractivity contribution in [3.63, 3.8) is 0 Å². The fourth-order valence-electron chi connectivity index (χ4n) is 2.28. The third kappa shape index (κ3) is 3.26. The van der Waals surface area contributed by atoms with E-state index in [4.69, 9.17) is 0 Å². The Morgan fingerprint density at radius 3 is 2.88 bits per heavy atom. The molecule has 3 aromatic heterocycles. The highest BCUT2D eigenvalue weighted by Crippen LogP contribution is 2.32. The second kappa shape index (κ2) is 6.46. The van der Waals surface area contributed by atoms with Crippen LogP contribution in [0, 0.1) is 0 Å². The van der Waals surface area contributed by atoms with E-state index in [1.54, 1.807) is 22.7 Å². The minimum Gasteiger partial charge on any atom is -0.324 e. The maximum Gasteiger partial charge on any atom is 0.232 e. The number of imidazole rings is 1. The number of anilines is 1. The molecule has 0 aliphatic carbocycles. The summed E-state index contributed by atoms with van der Waals surface area (Å²) in [5.41, 5.74) is 2.48. The van der Waals surface area contributed by atoms with Gasteiger partial charge in [0.25, 0.3) is 0 Å². The smallest absolute Gasteiger partial charge is 0.232 e. The number of fused-ring (bicyclic) bond motifs is 1. The molecule has 2 N–H and O–H groups in total. The summed E-state index contributed by atoms with van der Waals surface area (Å²) in [5.74, 6) is 0.317. The van der Waals surface area contributed by atoms with Gasteiger partial charge in [0.15, 0.2) is 0 Å². The standard InChI is InChI=1S/C16H11BrN4OS2/c17-9-5-13(23-7-9)15-18-10(8-24-15)6-14(22)21-16-19-11-3-1-2-4-12(11)20-16/h1-5,7-8H,6H2,(H2,19,20,21,22). The van der Waals surface area contributed by atoms with Gasteiger partial charge in [-0.05, 0) is 34.1 Å². The summed E-state index contributed by atoms with van der Waals surface area (Å²) >= 11 is 6.61. The summed E-state index contributed by atoms with van der Waals surface area (Å²) in [5, 5.41) is 7.65. The molecule has 0 radical (unpaired) electrons. The minimum atomic E-state index is -0.140. The molecule has 3 heterocycles. The van der Waals surface area contributed by atoms with Crippen molar-refractivity contribution in [2.45, 2.75) is 6.42 Å². The van der Waals surface area contributed by atoms with Crippen LogP contribution in [-0.2, 0) is 11.2 Å². The minimum absolute atomic E-state index is 0.140. The number of nitrogens with zero attached hydrogens (tertiary/aromatic N) is 2. The maximum atomic E-state index is 12.2. The number of thiazole rings is 1. The molecule has 0 unspecified atom stereocenters. The molecule has 0 aliphatic rings. The molecule has 120 valence electrons. The number of hydrogen-bond acceptors (Lipinski definition) is 5. The molecular weight excluding hydrogens is 408 g/mol. The topological polar surface area (TPSA) is 70.7 Å². The zero-order valence-corrected chi connectivity index (χ0v) is 15.5. The Bertz CT molecular complexity index is 987. The first-order valence-electron chi connectivity index (χ1n) is 7.11. The predicted molar refractivity (Wildman–Crippen MR) is 102 cm³/mol. The molecule has 0 aliphatic heterocycles. The number of thiophene rings is 1. The normalized spacial score (nSPS) is 11.0. The first kappa shape index (κ1) is 15.5. The summed E-state index contributed by atoms with van der Waals surface area (Å²) < 4.78 is 1.04. The Morgan fingerprint density at radius 1 is 1.21 bits per heavy atom. The average Bonchev–Trinajstić information content (AvgIpc) is 3.25. The number of carbonyl (C=O) groups excluding carboxylic acids is 1. The van der Waals surface area contributed by atoms with E-state index >= 15 is 0 Å². The Labute approximate surface area is 153 Å². The van der Waals surface area contributed by atoms with E-state index in [0.717, 1.165) is 31.1 Å². The predicted octanol–water partition coefficient (Wildman–Crippen LogP) is 4.69. The summed E-state index contributed by atoms with van der Waals surface area (Å²) in [6.45, 7) is 0. The maximum absolute atomic E-state index is 12.2. The second-order valence-corrected chi connectivity index (χ2v) is 7.79. The van der Waals surface area contributed by atoms with Crippen molar-refractivity contribution < 1.29 is 4.79 Å². The van der Waals surface area contributed by atoms with E-state index in [-0.39, 0.29) is 12.3 Å². The first-order chi connectivity index (χ1) is 11.7. The molecule has 1 amide bonds. The molecule has 24 heavy (non-hydrogen) atoms. The second-order valence-electron chi connectivity index (χ2n) is 5.10. The van der Waals surface area contributed by atoms with Crippen LogP contribution >= 0.6 is 38.6 Å². The van der Waals surface area contributed by atoms with Crippen LogP contribution in [0.3, 0.4) is 0 Å². The van der Waals surface area contributed by atoms with Crippen molar-refractivity contribution in [1.29, 1.82) is 0 Å². The molecule has 1 aromatic carbocycles. The van der Waals surface area contributed by atoms with Crippen LogP contribution in [0.1, 0.15) is 5.69 Å². The van der Waals surface area contributed by atoms with E-state index in [2.05, 4.69) is 36.2 Å². The number of carbonyl (C=O) groups is 1. The Kier molecular flexibility index (Phi) is 4.17. The van der Waals surface area contributed by atoms with Crippen molar-refractivity contribution in [2.75, 3.05) is 5.32 Å². The van der Waals surface area contributed by atoms with E-state index < -0.39 is 0 Å². The van der Waals surface area contributed by atoms with Crippen molar-refractivity contribution in [3.05, 3.63) is 51.3 Å². The number of amides is 1. The van der Waals surface area contributed by atoms with Gasteiger partial charge in [0.05, 0.1) is 28.0 Å². The van der Waals surface area contributed by atoms with Gasteiger partial charge in [-0.2, -0.15) is 0 Å². The lowest BCUT2D eigenvalue weighted by molar-refractivity contribution is -0.115. The molecule has 4 rings (SSSR count). The zero-order chi connectivity index (χ0) is 16.5. The van der Waals surface area contributed by atoms with Crippen molar-refractivity contribution in [2.24, 2.45) is 0 Å². The highest BCUT2D eigenvalue weighted by atomic mass is 79.9. The lowest BCUT2D eigenvalue weighted by Crippen LogP contribution is -2.15. The van der Waals surface area contributed by atoms with Crippen molar-refractivity contribution >= 4 is 61.5 Å². The molecule has 0 spiro atoms. The van der Waals surface area contributed by atoms with E-state index in [1.807, 2.05) is 41.1 Å². The number of nitrogens with one attached hydrogen (secondary N) is 2. The SMILES string of the molecule is O=C(Cc1csc(-c2cc(Br)cs2)n1)Nc1nc2ccccc2[nH]1. The van der Waals surface area contributed by atoms with Crippen molar-refractivity contribution in [3.8, 4) is 9.88 Å². The van der Waals surface area contributed by atoms with Crippen LogP contribution in [-0.4, -0.2) is 20.9 Å². The number of rotatable bonds is 4. The molecule has 0 saturated carbocycles. The number of halogens is 1. The lowest BCUT2D eigenvalue weighted by atomic mass is 10.3. The van der Waals surface area contributed by atoms with Crippen LogP contribution in [0.5, 0.6) is 0 Å². The fourth-order valence-corrected chi connectivity index (χ4v) is 4.61. The highest BCUT2D eigenvalue weighted by molar-refractivity contribution is 9.10. The Morgan fingerprint density at radius 2 is 2.08 bits per heavy atom. The summed E-state index contributed by atoms with van der Waals surface area (Å²) in [6, 6.07) is 9.68. The van der Waals surface area contributed by atoms with Crippen LogP contribution in [0.15, 0.2) is 45.6 Å². The number of aromatic nitrogens is 3. The Hall–Kier alpha value is -2.03. The molecule has 0 atom stereocenters. The zero-order valence-electron chi connectivity index (χ0n) is 12.2. The monoisotopic (exact) mass is 418 g/mol. The van der Waals surface area contributed by atoms with Crippen LogP contribution < -0.4 is 5.32 Å². The highest BCUT2D eigenvalue weighted by Gasteiger charge is 2.12. The third-order valence-electron chi connectivity index (χ3n) is 3.32. The number of hydrogen-bond donors (Lipinski definition) is 2. The van der Waals surface area contributed by atoms with Gasteiger partial charge in [-0.25, -0.2) is 9.97 Å². The molecule has 8 heteroatoms. The van der Waals surface area contributed by atoms with Crippen LogP contribution in [0.2, 0.25) is 0 Å². The summed E-state index contributed by atoms with van der Waals surface area (Å²) in [6.07, 6.45) is 0.222. The fraction of sp³-hybridized carbons (Fsp3) is 0.0625. The van der Waals surface area contributed by atoms with Crippen LogP contribution in [0.4, 0.5) is 5.95 Å². The number of aromatic amines is 1. The van der Waals surface area contributed by atoms with Gasteiger partial charge in [0.1, 0.15) is 5.01 Å². The summed E-state index contributed by atoms with van der Waals surface area (Å²) in [7, 11) is 0. The van der Waals surface area contributed by atoms with E-state index in [9.17, 15) is 4.79 Å². The molecule has 0 bridgehead atoms. The largest absolute Gasteiger partial charge is 0.324 e. The molecule has 4 aromatic rings. The van der Waals surface area contributed by atoms with Gasteiger partial charge in [-0.3, -0.25) is 10.1 Å². The first-order valence-corrected chi connectivity index (χ1v) is 9.66. The van der Waals surface area contributed by atoms with Gasteiger partial charge >= 0.3 is 0 Å². The third-order valence-corrected chi connectivity index (χ3v) is 6.07. The summed E-state index contributed by atoms with van der Waals surface area (Å²) in [4.78, 5) is 25.2. The van der Waals surface area contributed by atoms with Gasteiger partial charge in [0.2, 0.25) is 11.9 Å². The van der Waals surface area contributed by atoms with Crippen LogP contribution in [0.25, 0.3) is 20.9 Å². The molecule has 0 fully saturated rings. The molecule has 0 saturated heterocycles. The van der Waals surface area contributed by atoms with Gasteiger partial charge in [0, 0.05) is 15.2 Å².